The lowest BCUT2D eigenvalue weighted by Crippen LogP contribution is -2.28. The number of hydrogen-bond acceptors (Lipinski definition) is 3. The second-order valence-corrected chi connectivity index (χ2v) is 6.74. The van der Waals surface area contributed by atoms with Crippen LogP contribution in [0.4, 0.5) is 0 Å². The van der Waals surface area contributed by atoms with Crippen LogP contribution in [-0.2, 0) is 10.5 Å². The molecule has 1 N–H and O–H groups in total. The van der Waals surface area contributed by atoms with Crippen molar-refractivity contribution < 1.29 is 9.53 Å². The maximum atomic E-state index is 12.1. The molecule has 0 saturated carbocycles. The Hall–Kier alpha value is -1.65. The third kappa shape index (κ3) is 5.46. The molecule has 2 aromatic rings. The van der Waals surface area contributed by atoms with Crippen LogP contribution in [0.3, 0.4) is 0 Å². The number of halogens is 1. The number of ether oxygens (including phenoxy) is 1. The van der Waals surface area contributed by atoms with E-state index in [9.17, 15) is 4.79 Å². The van der Waals surface area contributed by atoms with E-state index in [1.165, 1.54) is 0 Å². The second-order valence-electron chi connectivity index (χ2n) is 5.34. The summed E-state index contributed by atoms with van der Waals surface area (Å²) >= 11 is 7.73. The van der Waals surface area contributed by atoms with Gasteiger partial charge in [0.05, 0.1) is 18.4 Å². The second kappa shape index (κ2) is 9.60. The zero-order valence-electron chi connectivity index (χ0n) is 13.9. The Kier molecular flexibility index (Phi) is 7.47. The van der Waals surface area contributed by atoms with Gasteiger partial charge in [0, 0.05) is 16.3 Å². The average Bonchev–Trinajstić information content (AvgIpc) is 2.57. The highest BCUT2D eigenvalue weighted by atomic mass is 35.5. The maximum Gasteiger partial charge on any atom is 0.230 e. The highest BCUT2D eigenvalue weighted by Gasteiger charge is 2.12. The number of para-hydroxylation sites is 1. The van der Waals surface area contributed by atoms with Crippen LogP contribution < -0.4 is 10.1 Å². The number of carbonyl (C=O) groups is 1. The van der Waals surface area contributed by atoms with Crippen LogP contribution in [0.5, 0.6) is 5.75 Å². The molecule has 128 valence electrons. The minimum absolute atomic E-state index is 0.00121. The zero-order valence-corrected chi connectivity index (χ0v) is 15.5. The van der Waals surface area contributed by atoms with E-state index in [-0.39, 0.29) is 11.9 Å². The highest BCUT2D eigenvalue weighted by molar-refractivity contribution is 7.99. The molecule has 3 nitrogen and oxygen atoms in total. The van der Waals surface area contributed by atoms with Gasteiger partial charge in [-0.2, -0.15) is 0 Å². The number of amides is 1. The number of hydrogen-bond donors (Lipinski definition) is 1. The molecule has 0 aliphatic carbocycles. The van der Waals surface area contributed by atoms with Crippen LogP contribution in [0, 0.1) is 0 Å². The van der Waals surface area contributed by atoms with Gasteiger partial charge in [-0.15, -0.1) is 11.8 Å². The maximum absolute atomic E-state index is 12.1. The Bertz CT molecular complexity index is 678. The lowest BCUT2D eigenvalue weighted by Gasteiger charge is -2.15. The number of nitrogens with one attached hydrogen (secondary N) is 1. The molecule has 2 rings (SSSR count). The van der Waals surface area contributed by atoms with Gasteiger partial charge < -0.3 is 10.1 Å². The number of rotatable bonds is 8. The van der Waals surface area contributed by atoms with Gasteiger partial charge in [0.15, 0.2) is 0 Å². The molecule has 0 unspecified atom stereocenters. The van der Waals surface area contributed by atoms with Crippen molar-refractivity contribution in [1.29, 1.82) is 0 Å². The van der Waals surface area contributed by atoms with Crippen molar-refractivity contribution in [2.45, 2.75) is 25.6 Å². The van der Waals surface area contributed by atoms with Gasteiger partial charge in [0.25, 0.3) is 0 Å². The first-order valence-electron chi connectivity index (χ1n) is 7.94. The zero-order chi connectivity index (χ0) is 17.4. The molecule has 5 heteroatoms. The number of benzene rings is 2. The van der Waals surface area contributed by atoms with Crippen molar-refractivity contribution in [1.82, 2.24) is 5.32 Å². The molecule has 0 radical (unpaired) electrons. The van der Waals surface area contributed by atoms with Gasteiger partial charge in [-0.05, 0) is 31.5 Å². The van der Waals surface area contributed by atoms with Crippen molar-refractivity contribution in [3.63, 3.8) is 0 Å². The third-order valence-corrected chi connectivity index (χ3v) is 4.84. The van der Waals surface area contributed by atoms with E-state index in [0.717, 1.165) is 22.6 Å². The van der Waals surface area contributed by atoms with Crippen molar-refractivity contribution in [3.8, 4) is 5.75 Å². The summed E-state index contributed by atoms with van der Waals surface area (Å²) in [6.07, 6.45) is 0. The van der Waals surface area contributed by atoms with E-state index in [1.54, 1.807) is 11.8 Å². The largest absolute Gasteiger partial charge is 0.494 e. The average molecular weight is 364 g/mol. The van der Waals surface area contributed by atoms with Gasteiger partial charge in [-0.25, -0.2) is 0 Å². The summed E-state index contributed by atoms with van der Waals surface area (Å²) in [5.41, 5.74) is 2.04. The van der Waals surface area contributed by atoms with Gasteiger partial charge in [0.2, 0.25) is 5.91 Å². The van der Waals surface area contributed by atoms with Crippen LogP contribution in [0.15, 0.2) is 48.5 Å². The van der Waals surface area contributed by atoms with Gasteiger partial charge >= 0.3 is 0 Å². The Morgan fingerprint density at radius 2 is 1.92 bits per heavy atom. The van der Waals surface area contributed by atoms with Crippen molar-refractivity contribution in [2.75, 3.05) is 12.4 Å². The Morgan fingerprint density at radius 3 is 2.67 bits per heavy atom. The molecule has 0 bridgehead atoms. The molecule has 0 saturated heterocycles. The Morgan fingerprint density at radius 1 is 1.21 bits per heavy atom. The van der Waals surface area contributed by atoms with Crippen LogP contribution in [-0.4, -0.2) is 18.3 Å². The summed E-state index contributed by atoms with van der Waals surface area (Å²) in [6, 6.07) is 15.4. The summed E-state index contributed by atoms with van der Waals surface area (Å²) in [5, 5.41) is 3.66. The van der Waals surface area contributed by atoms with Gasteiger partial charge in [0.1, 0.15) is 5.75 Å². The monoisotopic (exact) mass is 363 g/mol. The van der Waals surface area contributed by atoms with Gasteiger partial charge in [-0.1, -0.05) is 48.0 Å². The lowest BCUT2D eigenvalue weighted by atomic mass is 10.1. The predicted molar refractivity (Wildman–Crippen MR) is 102 cm³/mol. The standard InChI is InChI=1S/C19H22ClNO2S/c1-3-23-18-11-7-4-8-15(18)12-24-13-19(22)21-14(2)16-9-5-6-10-17(16)20/h4-11,14H,3,12-13H2,1-2H3,(H,21,22)/t14-/m0/s1. The van der Waals surface area contributed by atoms with Gasteiger partial charge in [-0.3, -0.25) is 4.79 Å². The number of thioether (sulfide) groups is 1. The molecule has 0 aliphatic heterocycles. The van der Waals surface area contributed by atoms with E-state index in [1.807, 2.05) is 62.4 Å². The normalized spacial score (nSPS) is 11.8. The summed E-state index contributed by atoms with van der Waals surface area (Å²) in [7, 11) is 0. The van der Waals surface area contributed by atoms with E-state index >= 15 is 0 Å². The minimum Gasteiger partial charge on any atom is -0.494 e. The molecule has 24 heavy (non-hydrogen) atoms. The Labute approximate surface area is 152 Å². The summed E-state index contributed by atoms with van der Waals surface area (Å²) in [4.78, 5) is 12.1. The summed E-state index contributed by atoms with van der Waals surface area (Å²) in [5.74, 6) is 2.03. The Balaban J connectivity index is 1.83. The van der Waals surface area contributed by atoms with Crippen LogP contribution in [0.2, 0.25) is 5.02 Å². The predicted octanol–water partition coefficient (Wildman–Crippen LogP) is 4.85. The first kappa shape index (κ1) is 18.7. The molecule has 1 atom stereocenters. The van der Waals surface area contributed by atoms with E-state index in [4.69, 9.17) is 16.3 Å². The van der Waals surface area contributed by atoms with E-state index in [0.29, 0.717) is 17.4 Å². The third-order valence-electron chi connectivity index (χ3n) is 3.51. The van der Waals surface area contributed by atoms with Crippen molar-refractivity contribution in [2.24, 2.45) is 0 Å². The molecule has 0 heterocycles. The molecular weight excluding hydrogens is 342 g/mol. The minimum atomic E-state index is -0.109. The van der Waals surface area contributed by atoms with E-state index < -0.39 is 0 Å². The van der Waals surface area contributed by atoms with Crippen molar-refractivity contribution >= 4 is 29.3 Å². The molecule has 1 amide bonds. The highest BCUT2D eigenvalue weighted by Crippen LogP contribution is 2.24. The molecule has 2 aromatic carbocycles. The summed E-state index contributed by atoms with van der Waals surface area (Å²) in [6.45, 7) is 4.54. The van der Waals surface area contributed by atoms with Crippen LogP contribution >= 0.6 is 23.4 Å². The lowest BCUT2D eigenvalue weighted by molar-refractivity contribution is -0.119. The first-order chi connectivity index (χ1) is 11.6. The molecule has 0 aliphatic rings. The van der Waals surface area contributed by atoms with E-state index in [2.05, 4.69) is 5.32 Å². The fraction of sp³-hybridized carbons (Fsp3) is 0.316. The topological polar surface area (TPSA) is 38.3 Å². The molecule has 0 spiro atoms. The first-order valence-corrected chi connectivity index (χ1v) is 9.47. The van der Waals surface area contributed by atoms with Crippen LogP contribution in [0.25, 0.3) is 0 Å². The fourth-order valence-corrected chi connectivity index (χ4v) is 3.49. The SMILES string of the molecule is CCOc1ccccc1CSCC(=O)N[C@@H](C)c1ccccc1Cl. The molecule has 0 fully saturated rings. The summed E-state index contributed by atoms with van der Waals surface area (Å²) < 4.78 is 5.60. The molecular formula is C19H22ClNO2S. The molecule has 0 aromatic heterocycles. The van der Waals surface area contributed by atoms with Crippen LogP contribution in [0.1, 0.15) is 31.0 Å². The van der Waals surface area contributed by atoms with Crippen molar-refractivity contribution in [3.05, 3.63) is 64.7 Å². The number of carbonyl (C=O) groups excluding carboxylic acids is 1. The fourth-order valence-electron chi connectivity index (χ4n) is 2.36. The smallest absolute Gasteiger partial charge is 0.230 e. The quantitative estimate of drug-likeness (QED) is 0.728.